The van der Waals surface area contributed by atoms with Gasteiger partial charge >= 0.3 is 0 Å². The fraction of sp³-hybridized carbons (Fsp3) is 0.846. The first kappa shape index (κ1) is 13.9. The lowest BCUT2D eigenvalue weighted by Gasteiger charge is -2.19. The minimum Gasteiger partial charge on any atom is -0.379 e. The van der Waals surface area contributed by atoms with Crippen LogP contribution in [0.25, 0.3) is 0 Å². The predicted octanol–water partition coefficient (Wildman–Crippen LogP) is 0.639. The summed E-state index contributed by atoms with van der Waals surface area (Å²) in [6, 6.07) is 0.242. The van der Waals surface area contributed by atoms with E-state index < -0.39 is 0 Å². The second-order valence-corrected chi connectivity index (χ2v) is 5.13. The summed E-state index contributed by atoms with van der Waals surface area (Å²) in [6.07, 6.45) is 0.872. The number of ether oxygens (including phenoxy) is 3. The van der Waals surface area contributed by atoms with Gasteiger partial charge in [0.2, 0.25) is 11.7 Å². The Morgan fingerprint density at radius 2 is 2.15 bits per heavy atom. The van der Waals surface area contributed by atoms with Crippen molar-refractivity contribution in [3.05, 3.63) is 11.7 Å². The Morgan fingerprint density at radius 1 is 1.20 bits per heavy atom. The van der Waals surface area contributed by atoms with Gasteiger partial charge in [0.25, 0.3) is 0 Å². The molecule has 3 atom stereocenters. The van der Waals surface area contributed by atoms with Crippen LogP contribution in [0.4, 0.5) is 0 Å². The summed E-state index contributed by atoms with van der Waals surface area (Å²) in [5, 5.41) is 7.48. The molecule has 7 nitrogen and oxygen atoms in total. The van der Waals surface area contributed by atoms with Gasteiger partial charge in [-0.05, 0) is 13.0 Å². The predicted molar refractivity (Wildman–Crippen MR) is 69.5 cm³/mol. The molecule has 0 bridgehead atoms. The van der Waals surface area contributed by atoms with Crippen LogP contribution < -0.4 is 5.32 Å². The fourth-order valence-electron chi connectivity index (χ4n) is 2.49. The van der Waals surface area contributed by atoms with E-state index in [9.17, 15) is 0 Å². The van der Waals surface area contributed by atoms with E-state index in [-0.39, 0.29) is 18.1 Å². The van der Waals surface area contributed by atoms with E-state index in [1.54, 1.807) is 0 Å². The zero-order valence-electron chi connectivity index (χ0n) is 11.7. The van der Waals surface area contributed by atoms with E-state index in [1.165, 1.54) is 0 Å². The van der Waals surface area contributed by atoms with Crippen LogP contribution in [0.3, 0.4) is 0 Å². The summed E-state index contributed by atoms with van der Waals surface area (Å²) in [6.45, 7) is 6.09. The molecule has 2 saturated heterocycles. The molecule has 0 aromatic carbocycles. The monoisotopic (exact) mass is 283 g/mol. The van der Waals surface area contributed by atoms with Crippen molar-refractivity contribution in [3.63, 3.8) is 0 Å². The first-order valence-corrected chi connectivity index (χ1v) is 7.22. The molecule has 3 heterocycles. The summed E-state index contributed by atoms with van der Waals surface area (Å²) in [7, 11) is 0. The number of hydrogen-bond donors (Lipinski definition) is 1. The lowest BCUT2D eigenvalue weighted by atomic mass is 10.0. The summed E-state index contributed by atoms with van der Waals surface area (Å²) >= 11 is 0. The molecule has 0 amide bonds. The molecule has 1 N–H and O–H groups in total. The maximum atomic E-state index is 5.57. The van der Waals surface area contributed by atoms with E-state index in [2.05, 4.69) is 22.4 Å². The van der Waals surface area contributed by atoms with E-state index >= 15 is 0 Å². The number of rotatable bonds is 5. The zero-order chi connectivity index (χ0) is 13.8. The first-order chi connectivity index (χ1) is 9.88. The Hall–Kier alpha value is -1.02. The molecule has 3 unspecified atom stereocenters. The third kappa shape index (κ3) is 3.01. The third-order valence-electron chi connectivity index (χ3n) is 3.62. The van der Waals surface area contributed by atoms with Crippen LogP contribution in [0.15, 0.2) is 4.52 Å². The Bertz CT molecular complexity index is 420. The maximum Gasteiger partial charge on any atom is 0.233 e. The molecule has 2 aliphatic heterocycles. The van der Waals surface area contributed by atoms with E-state index in [0.29, 0.717) is 44.7 Å². The molecule has 1 aromatic heterocycles. The highest BCUT2D eigenvalue weighted by atomic mass is 16.6. The van der Waals surface area contributed by atoms with Gasteiger partial charge in [-0.3, -0.25) is 0 Å². The number of aromatic nitrogens is 2. The molecule has 112 valence electrons. The fourth-order valence-corrected chi connectivity index (χ4v) is 2.49. The normalized spacial score (nSPS) is 30.8. The standard InChI is InChI=1S/C13H21N3O4/c1-2-3-14-10-7-18-6-9(10)13-15-12(16-20-13)11-8-17-4-5-19-11/h9-11,14H,2-8H2,1H3. The molecule has 20 heavy (non-hydrogen) atoms. The average Bonchev–Trinajstić information content (AvgIpc) is 3.14. The van der Waals surface area contributed by atoms with Crippen molar-refractivity contribution in [2.45, 2.75) is 31.4 Å². The van der Waals surface area contributed by atoms with Crippen molar-refractivity contribution in [2.75, 3.05) is 39.6 Å². The van der Waals surface area contributed by atoms with Crippen LogP contribution in [-0.2, 0) is 14.2 Å². The van der Waals surface area contributed by atoms with E-state index in [1.807, 2.05) is 0 Å². The number of nitrogens with one attached hydrogen (secondary N) is 1. The lowest BCUT2D eigenvalue weighted by Crippen LogP contribution is -2.35. The van der Waals surface area contributed by atoms with Gasteiger partial charge < -0.3 is 24.1 Å². The van der Waals surface area contributed by atoms with Crippen LogP contribution in [0, 0.1) is 0 Å². The van der Waals surface area contributed by atoms with Gasteiger partial charge in [0.1, 0.15) is 6.10 Å². The summed E-state index contributed by atoms with van der Waals surface area (Å²) < 4.78 is 21.9. The largest absolute Gasteiger partial charge is 0.379 e. The molecular weight excluding hydrogens is 262 g/mol. The Balaban J connectivity index is 1.65. The van der Waals surface area contributed by atoms with Gasteiger partial charge in [-0.15, -0.1) is 0 Å². The van der Waals surface area contributed by atoms with Crippen molar-refractivity contribution in [1.29, 1.82) is 0 Å². The molecule has 0 spiro atoms. The lowest BCUT2D eigenvalue weighted by molar-refractivity contribution is -0.0941. The molecule has 0 aliphatic carbocycles. The van der Waals surface area contributed by atoms with E-state index in [4.69, 9.17) is 18.7 Å². The van der Waals surface area contributed by atoms with E-state index in [0.717, 1.165) is 13.0 Å². The smallest absolute Gasteiger partial charge is 0.233 e. The highest BCUT2D eigenvalue weighted by Crippen LogP contribution is 2.26. The second kappa shape index (κ2) is 6.62. The van der Waals surface area contributed by atoms with Crippen molar-refractivity contribution < 1.29 is 18.7 Å². The quantitative estimate of drug-likeness (QED) is 0.849. The Morgan fingerprint density at radius 3 is 2.95 bits per heavy atom. The van der Waals surface area contributed by atoms with Crippen LogP contribution in [0.1, 0.15) is 37.1 Å². The van der Waals surface area contributed by atoms with Crippen molar-refractivity contribution >= 4 is 0 Å². The van der Waals surface area contributed by atoms with Gasteiger partial charge in [0.15, 0.2) is 0 Å². The Labute approximate surface area is 118 Å². The van der Waals surface area contributed by atoms with Crippen LogP contribution in [0.5, 0.6) is 0 Å². The first-order valence-electron chi connectivity index (χ1n) is 7.22. The van der Waals surface area contributed by atoms with Crippen LogP contribution >= 0.6 is 0 Å². The summed E-state index contributed by atoms with van der Waals surface area (Å²) in [5.74, 6) is 1.31. The number of nitrogens with zero attached hydrogens (tertiary/aromatic N) is 2. The molecule has 3 rings (SSSR count). The average molecular weight is 283 g/mol. The maximum absolute atomic E-state index is 5.57. The topological polar surface area (TPSA) is 78.6 Å². The SMILES string of the molecule is CCCNC1COCC1c1nc(C2COCCO2)no1. The molecule has 0 radical (unpaired) electrons. The minimum atomic E-state index is -0.217. The molecule has 7 heteroatoms. The zero-order valence-corrected chi connectivity index (χ0v) is 11.7. The summed E-state index contributed by atoms with van der Waals surface area (Å²) in [4.78, 5) is 4.47. The van der Waals surface area contributed by atoms with Crippen LogP contribution in [-0.4, -0.2) is 55.8 Å². The molecule has 2 fully saturated rings. The van der Waals surface area contributed by atoms with Gasteiger partial charge in [-0.2, -0.15) is 4.98 Å². The highest BCUT2D eigenvalue weighted by Gasteiger charge is 2.34. The number of hydrogen-bond acceptors (Lipinski definition) is 7. The van der Waals surface area contributed by atoms with Gasteiger partial charge in [0.05, 0.1) is 39.0 Å². The summed E-state index contributed by atoms with van der Waals surface area (Å²) in [5.41, 5.74) is 0. The van der Waals surface area contributed by atoms with Gasteiger partial charge in [-0.1, -0.05) is 12.1 Å². The van der Waals surface area contributed by atoms with Gasteiger partial charge in [-0.25, -0.2) is 0 Å². The van der Waals surface area contributed by atoms with Crippen LogP contribution in [0.2, 0.25) is 0 Å². The minimum absolute atomic E-state index is 0.118. The molecule has 0 saturated carbocycles. The van der Waals surface area contributed by atoms with Crippen molar-refractivity contribution in [3.8, 4) is 0 Å². The molecular formula is C13H21N3O4. The Kier molecular flexibility index (Phi) is 4.62. The van der Waals surface area contributed by atoms with Gasteiger partial charge in [0, 0.05) is 6.04 Å². The molecule has 1 aromatic rings. The third-order valence-corrected chi connectivity index (χ3v) is 3.62. The molecule has 2 aliphatic rings. The van der Waals surface area contributed by atoms with Crippen molar-refractivity contribution in [2.24, 2.45) is 0 Å². The van der Waals surface area contributed by atoms with Crippen molar-refractivity contribution in [1.82, 2.24) is 15.5 Å². The highest BCUT2D eigenvalue weighted by molar-refractivity contribution is 5.04. The second-order valence-electron chi connectivity index (χ2n) is 5.13.